The molecule has 0 aliphatic heterocycles. The predicted molar refractivity (Wildman–Crippen MR) is 86.3 cm³/mol. The summed E-state index contributed by atoms with van der Waals surface area (Å²) in [5.41, 5.74) is 2.42. The van der Waals surface area contributed by atoms with Gasteiger partial charge in [-0.3, -0.25) is 9.36 Å². The molecule has 21 heavy (non-hydrogen) atoms. The van der Waals surface area contributed by atoms with E-state index in [4.69, 9.17) is 11.6 Å². The topological polar surface area (TPSA) is 34.9 Å². The van der Waals surface area contributed by atoms with E-state index >= 15 is 0 Å². The molecule has 2 aromatic carbocycles. The number of aryl methyl sites for hydroxylation is 1. The largest absolute Gasteiger partial charge is 0.268 e. The van der Waals surface area contributed by atoms with E-state index in [9.17, 15) is 4.79 Å². The predicted octanol–water partition coefficient (Wildman–Crippen LogP) is 3.99. The van der Waals surface area contributed by atoms with Gasteiger partial charge in [-0.25, -0.2) is 4.98 Å². The van der Waals surface area contributed by atoms with E-state index < -0.39 is 0 Å². The molecule has 0 radical (unpaired) electrons. The zero-order chi connectivity index (χ0) is 15.0. The molecule has 1 atom stereocenters. The summed E-state index contributed by atoms with van der Waals surface area (Å²) >= 11 is 6.26. The van der Waals surface area contributed by atoms with Gasteiger partial charge >= 0.3 is 0 Å². The van der Waals surface area contributed by atoms with Crippen LogP contribution in [-0.4, -0.2) is 9.55 Å². The highest BCUT2D eigenvalue weighted by atomic mass is 35.5. The first-order valence-electron chi connectivity index (χ1n) is 6.81. The highest BCUT2D eigenvalue weighted by molar-refractivity contribution is 6.20. The van der Waals surface area contributed by atoms with Crippen LogP contribution in [0.1, 0.15) is 23.7 Å². The first-order valence-corrected chi connectivity index (χ1v) is 7.25. The second-order valence-corrected chi connectivity index (χ2v) is 5.68. The van der Waals surface area contributed by atoms with Crippen molar-refractivity contribution in [1.82, 2.24) is 9.55 Å². The fourth-order valence-electron chi connectivity index (χ4n) is 2.46. The third kappa shape index (κ3) is 2.34. The second-order valence-electron chi connectivity index (χ2n) is 5.03. The molecule has 0 aliphatic rings. The van der Waals surface area contributed by atoms with Crippen molar-refractivity contribution in [1.29, 1.82) is 0 Å². The normalized spacial score (nSPS) is 12.5. The van der Waals surface area contributed by atoms with Crippen molar-refractivity contribution in [3.63, 3.8) is 0 Å². The van der Waals surface area contributed by atoms with E-state index in [-0.39, 0.29) is 10.9 Å². The van der Waals surface area contributed by atoms with Crippen molar-refractivity contribution < 1.29 is 0 Å². The molecule has 4 heteroatoms. The number of para-hydroxylation sites is 2. The van der Waals surface area contributed by atoms with Gasteiger partial charge < -0.3 is 0 Å². The van der Waals surface area contributed by atoms with Crippen LogP contribution in [0, 0.1) is 6.92 Å². The van der Waals surface area contributed by atoms with Crippen LogP contribution in [0.5, 0.6) is 0 Å². The van der Waals surface area contributed by atoms with E-state index in [1.807, 2.05) is 56.3 Å². The maximum atomic E-state index is 12.9. The van der Waals surface area contributed by atoms with Gasteiger partial charge in [0.2, 0.25) is 0 Å². The minimum absolute atomic E-state index is 0.0857. The Morgan fingerprint density at radius 1 is 1.10 bits per heavy atom. The van der Waals surface area contributed by atoms with Crippen LogP contribution >= 0.6 is 11.6 Å². The van der Waals surface area contributed by atoms with Gasteiger partial charge in [-0.05, 0) is 37.6 Å². The van der Waals surface area contributed by atoms with Crippen molar-refractivity contribution in [2.45, 2.75) is 19.2 Å². The molecule has 1 aromatic heterocycles. The highest BCUT2D eigenvalue weighted by Gasteiger charge is 2.16. The minimum atomic E-state index is -0.359. The van der Waals surface area contributed by atoms with Gasteiger partial charge in [-0.2, -0.15) is 0 Å². The number of halogens is 1. The van der Waals surface area contributed by atoms with E-state index in [0.717, 1.165) is 11.3 Å². The Balaban J connectivity index is 2.46. The molecule has 0 saturated heterocycles. The van der Waals surface area contributed by atoms with Crippen molar-refractivity contribution in [3.8, 4) is 5.69 Å². The maximum absolute atomic E-state index is 12.9. The summed E-state index contributed by atoms with van der Waals surface area (Å²) in [6, 6.07) is 15.1. The van der Waals surface area contributed by atoms with Crippen LogP contribution in [-0.2, 0) is 0 Å². The smallest absolute Gasteiger partial charge is 0.266 e. The quantitative estimate of drug-likeness (QED) is 0.670. The molecule has 0 N–H and O–H groups in total. The van der Waals surface area contributed by atoms with Crippen LogP contribution in [0.2, 0.25) is 0 Å². The van der Waals surface area contributed by atoms with Gasteiger partial charge in [0, 0.05) is 0 Å². The number of benzene rings is 2. The SMILES string of the molecule is Cc1ccccc1-n1c(C(C)Cl)nc2ccccc2c1=O. The zero-order valence-corrected chi connectivity index (χ0v) is 12.6. The molecular weight excluding hydrogens is 284 g/mol. The molecule has 3 aromatic rings. The van der Waals surface area contributed by atoms with Crippen LogP contribution in [0.25, 0.3) is 16.6 Å². The summed E-state index contributed by atoms with van der Waals surface area (Å²) < 4.78 is 1.62. The molecule has 0 fully saturated rings. The first kappa shape index (κ1) is 13.8. The Bertz CT molecular complexity index is 868. The molecular formula is C17H15ClN2O. The Morgan fingerprint density at radius 2 is 1.76 bits per heavy atom. The average molecular weight is 299 g/mol. The Hall–Kier alpha value is -2.13. The Morgan fingerprint density at radius 3 is 2.48 bits per heavy atom. The number of alkyl halides is 1. The van der Waals surface area contributed by atoms with Crippen molar-refractivity contribution in [2.24, 2.45) is 0 Å². The van der Waals surface area contributed by atoms with Gasteiger partial charge in [0.1, 0.15) is 5.82 Å². The lowest BCUT2D eigenvalue weighted by atomic mass is 10.1. The third-order valence-electron chi connectivity index (χ3n) is 3.51. The molecule has 3 rings (SSSR count). The van der Waals surface area contributed by atoms with E-state index in [0.29, 0.717) is 16.7 Å². The van der Waals surface area contributed by atoms with E-state index in [1.165, 1.54) is 0 Å². The van der Waals surface area contributed by atoms with Gasteiger partial charge in [0.05, 0.1) is 22.0 Å². The molecule has 0 amide bonds. The Kier molecular flexibility index (Phi) is 3.52. The van der Waals surface area contributed by atoms with Gasteiger partial charge in [0.25, 0.3) is 5.56 Å². The number of hydrogen-bond acceptors (Lipinski definition) is 2. The molecule has 3 nitrogen and oxygen atoms in total. The number of aromatic nitrogens is 2. The van der Waals surface area contributed by atoms with Crippen LogP contribution < -0.4 is 5.56 Å². The first-order chi connectivity index (χ1) is 10.1. The van der Waals surface area contributed by atoms with E-state index in [2.05, 4.69) is 4.98 Å². The maximum Gasteiger partial charge on any atom is 0.266 e. The summed E-state index contributed by atoms with van der Waals surface area (Å²) in [5, 5.41) is 0.240. The Labute approximate surface area is 127 Å². The summed E-state index contributed by atoms with van der Waals surface area (Å²) in [7, 11) is 0. The summed E-state index contributed by atoms with van der Waals surface area (Å²) in [6.45, 7) is 3.80. The van der Waals surface area contributed by atoms with Gasteiger partial charge in [0.15, 0.2) is 0 Å². The fourth-order valence-corrected chi connectivity index (χ4v) is 2.61. The molecule has 0 aliphatic carbocycles. The lowest BCUT2D eigenvalue weighted by molar-refractivity contribution is 0.811. The molecule has 0 saturated carbocycles. The van der Waals surface area contributed by atoms with Crippen LogP contribution in [0.15, 0.2) is 53.3 Å². The molecule has 106 valence electrons. The van der Waals surface area contributed by atoms with Crippen LogP contribution in [0.3, 0.4) is 0 Å². The number of hydrogen-bond donors (Lipinski definition) is 0. The lowest BCUT2D eigenvalue weighted by Gasteiger charge is -2.16. The van der Waals surface area contributed by atoms with Crippen LogP contribution in [0.4, 0.5) is 0 Å². The number of rotatable bonds is 2. The standard InChI is InChI=1S/C17H15ClN2O/c1-11-7-3-6-10-15(11)20-16(12(2)18)19-14-9-5-4-8-13(14)17(20)21/h3-10,12H,1-2H3. The zero-order valence-electron chi connectivity index (χ0n) is 11.9. The molecule has 1 unspecified atom stereocenters. The molecule has 0 bridgehead atoms. The number of fused-ring (bicyclic) bond motifs is 1. The average Bonchev–Trinajstić information content (AvgIpc) is 2.48. The van der Waals surface area contributed by atoms with Gasteiger partial charge in [-0.15, -0.1) is 11.6 Å². The third-order valence-corrected chi connectivity index (χ3v) is 3.71. The van der Waals surface area contributed by atoms with Crippen molar-refractivity contribution >= 4 is 22.5 Å². The number of nitrogens with zero attached hydrogens (tertiary/aromatic N) is 2. The van der Waals surface area contributed by atoms with Gasteiger partial charge in [-0.1, -0.05) is 30.3 Å². The fraction of sp³-hybridized carbons (Fsp3) is 0.176. The highest BCUT2D eigenvalue weighted by Crippen LogP contribution is 2.23. The van der Waals surface area contributed by atoms with Crippen molar-refractivity contribution in [3.05, 3.63) is 70.3 Å². The molecule has 1 heterocycles. The second kappa shape index (κ2) is 5.34. The van der Waals surface area contributed by atoms with E-state index in [1.54, 1.807) is 10.6 Å². The monoisotopic (exact) mass is 298 g/mol. The summed E-state index contributed by atoms with van der Waals surface area (Å²) in [6.07, 6.45) is 0. The lowest BCUT2D eigenvalue weighted by Crippen LogP contribution is -2.24. The summed E-state index contributed by atoms with van der Waals surface area (Å²) in [4.78, 5) is 17.5. The van der Waals surface area contributed by atoms with Crippen molar-refractivity contribution in [2.75, 3.05) is 0 Å². The molecule has 0 spiro atoms. The minimum Gasteiger partial charge on any atom is -0.268 e. The summed E-state index contributed by atoms with van der Waals surface area (Å²) in [5.74, 6) is 0.565.